The molecule has 1 N–H and O–H groups in total. The maximum absolute atomic E-state index is 11.8. The SMILES string of the molecule is CCS(=O)(=O)CCC(CNC(C)(C)C)c1cccc(Br)c1. The predicted molar refractivity (Wildman–Crippen MR) is 93.6 cm³/mol. The Morgan fingerprint density at radius 3 is 2.48 bits per heavy atom. The maximum atomic E-state index is 11.8. The van der Waals surface area contributed by atoms with Gasteiger partial charge >= 0.3 is 0 Å². The minimum absolute atomic E-state index is 0.0217. The lowest BCUT2D eigenvalue weighted by molar-refractivity contribution is 0.403. The van der Waals surface area contributed by atoms with Crippen LogP contribution in [0, 0.1) is 0 Å². The van der Waals surface area contributed by atoms with E-state index in [2.05, 4.69) is 54.2 Å². The van der Waals surface area contributed by atoms with Crippen molar-refractivity contribution in [1.82, 2.24) is 5.32 Å². The highest BCUT2D eigenvalue weighted by Gasteiger charge is 2.19. The van der Waals surface area contributed by atoms with Crippen LogP contribution in [0.2, 0.25) is 0 Å². The van der Waals surface area contributed by atoms with Crippen LogP contribution in [0.15, 0.2) is 28.7 Å². The van der Waals surface area contributed by atoms with E-state index in [-0.39, 0.29) is 23.0 Å². The van der Waals surface area contributed by atoms with Crippen LogP contribution < -0.4 is 5.32 Å². The first-order chi connectivity index (χ1) is 9.63. The average molecular weight is 376 g/mol. The van der Waals surface area contributed by atoms with Crippen LogP contribution in [-0.4, -0.2) is 32.0 Å². The molecular weight excluding hydrogens is 350 g/mol. The molecule has 0 amide bonds. The van der Waals surface area contributed by atoms with E-state index in [0.29, 0.717) is 6.42 Å². The van der Waals surface area contributed by atoms with Crippen molar-refractivity contribution < 1.29 is 8.42 Å². The topological polar surface area (TPSA) is 46.2 Å². The third kappa shape index (κ3) is 7.43. The zero-order chi connectivity index (χ0) is 16.1. The summed E-state index contributed by atoms with van der Waals surface area (Å²) in [4.78, 5) is 0. The summed E-state index contributed by atoms with van der Waals surface area (Å²) >= 11 is 3.49. The van der Waals surface area contributed by atoms with Crippen LogP contribution in [0.5, 0.6) is 0 Å². The van der Waals surface area contributed by atoms with Crippen LogP contribution in [0.3, 0.4) is 0 Å². The van der Waals surface area contributed by atoms with E-state index >= 15 is 0 Å². The van der Waals surface area contributed by atoms with Gasteiger partial charge in [0.15, 0.2) is 0 Å². The highest BCUT2D eigenvalue weighted by atomic mass is 79.9. The van der Waals surface area contributed by atoms with Crippen molar-refractivity contribution in [3.8, 4) is 0 Å². The van der Waals surface area contributed by atoms with Gasteiger partial charge in [0.1, 0.15) is 9.84 Å². The van der Waals surface area contributed by atoms with Crippen molar-refractivity contribution in [3.05, 3.63) is 34.3 Å². The molecule has 1 rings (SSSR count). The summed E-state index contributed by atoms with van der Waals surface area (Å²) in [5.41, 5.74) is 1.20. The molecule has 3 nitrogen and oxygen atoms in total. The second-order valence-electron chi connectivity index (χ2n) is 6.41. The average Bonchev–Trinajstić information content (AvgIpc) is 2.37. The molecule has 0 aromatic heterocycles. The molecule has 0 aliphatic heterocycles. The lowest BCUT2D eigenvalue weighted by Crippen LogP contribution is -2.39. The molecule has 21 heavy (non-hydrogen) atoms. The minimum Gasteiger partial charge on any atom is -0.311 e. The second kappa shape index (κ2) is 7.75. The fourth-order valence-corrected chi connectivity index (χ4v) is 3.39. The molecule has 0 saturated carbocycles. The number of hydrogen-bond donors (Lipinski definition) is 1. The molecule has 1 unspecified atom stereocenters. The summed E-state index contributed by atoms with van der Waals surface area (Å²) in [7, 11) is -2.93. The quantitative estimate of drug-likeness (QED) is 0.789. The molecule has 0 fully saturated rings. The van der Waals surface area contributed by atoms with Gasteiger partial charge in [-0.05, 0) is 50.8 Å². The van der Waals surface area contributed by atoms with Gasteiger partial charge in [0.05, 0.1) is 5.75 Å². The Morgan fingerprint density at radius 1 is 1.29 bits per heavy atom. The lowest BCUT2D eigenvalue weighted by atomic mass is 9.95. The van der Waals surface area contributed by atoms with Crippen LogP contribution >= 0.6 is 15.9 Å². The van der Waals surface area contributed by atoms with Gasteiger partial charge in [-0.15, -0.1) is 0 Å². The first-order valence-electron chi connectivity index (χ1n) is 7.34. The van der Waals surface area contributed by atoms with Gasteiger partial charge < -0.3 is 5.32 Å². The van der Waals surface area contributed by atoms with Crippen molar-refractivity contribution in [1.29, 1.82) is 0 Å². The summed E-state index contributed by atoms with van der Waals surface area (Å²) in [6.45, 7) is 8.84. The van der Waals surface area contributed by atoms with Crippen LogP contribution in [0.4, 0.5) is 0 Å². The van der Waals surface area contributed by atoms with E-state index in [1.54, 1.807) is 6.92 Å². The number of rotatable bonds is 7. The van der Waals surface area contributed by atoms with E-state index in [1.165, 1.54) is 5.56 Å². The van der Waals surface area contributed by atoms with Gasteiger partial charge in [0, 0.05) is 22.3 Å². The summed E-state index contributed by atoms with van der Waals surface area (Å²) in [5, 5.41) is 3.48. The Bertz CT molecular complexity index is 550. The molecule has 1 aromatic carbocycles. The summed E-state index contributed by atoms with van der Waals surface area (Å²) in [5.74, 6) is 0.653. The first-order valence-corrected chi connectivity index (χ1v) is 9.95. The Kier molecular flexibility index (Phi) is 6.88. The molecule has 0 saturated heterocycles. The molecule has 5 heteroatoms. The largest absolute Gasteiger partial charge is 0.311 e. The van der Waals surface area contributed by atoms with E-state index in [0.717, 1.165) is 11.0 Å². The standard InChI is InChI=1S/C16H26BrNO2S/c1-5-21(19,20)10-9-14(12-18-16(2,3)4)13-7-6-8-15(17)11-13/h6-8,11,14,18H,5,9-10,12H2,1-4H3. The van der Waals surface area contributed by atoms with E-state index in [4.69, 9.17) is 0 Å². The molecule has 0 heterocycles. The summed E-state index contributed by atoms with van der Waals surface area (Å²) in [6.07, 6.45) is 0.649. The predicted octanol–water partition coefficient (Wildman–Crippen LogP) is 3.75. The molecule has 1 aromatic rings. The Balaban J connectivity index is 2.84. The fourth-order valence-electron chi connectivity index (χ4n) is 2.04. The summed E-state index contributed by atoms with van der Waals surface area (Å²) < 4.78 is 24.6. The third-order valence-corrected chi connectivity index (χ3v) is 5.65. The molecule has 0 radical (unpaired) electrons. The van der Waals surface area contributed by atoms with Gasteiger partial charge in [-0.1, -0.05) is 35.0 Å². The van der Waals surface area contributed by atoms with Gasteiger partial charge in [-0.2, -0.15) is 0 Å². The minimum atomic E-state index is -2.93. The van der Waals surface area contributed by atoms with Gasteiger partial charge in [0.25, 0.3) is 0 Å². The molecule has 0 bridgehead atoms. The van der Waals surface area contributed by atoms with Crippen molar-refractivity contribution in [2.24, 2.45) is 0 Å². The van der Waals surface area contributed by atoms with E-state index < -0.39 is 9.84 Å². The molecule has 0 spiro atoms. The molecule has 1 atom stereocenters. The Hall–Kier alpha value is -0.390. The van der Waals surface area contributed by atoms with Gasteiger partial charge in [0.2, 0.25) is 0 Å². The van der Waals surface area contributed by atoms with Crippen LogP contribution in [0.25, 0.3) is 0 Å². The van der Waals surface area contributed by atoms with Crippen molar-refractivity contribution >= 4 is 25.8 Å². The molecule has 0 aliphatic rings. The lowest BCUT2D eigenvalue weighted by Gasteiger charge is -2.26. The molecule has 0 aliphatic carbocycles. The van der Waals surface area contributed by atoms with Crippen LogP contribution in [-0.2, 0) is 9.84 Å². The molecule has 120 valence electrons. The normalized spacial score (nSPS) is 14.1. The number of sulfone groups is 1. The highest BCUT2D eigenvalue weighted by molar-refractivity contribution is 9.10. The second-order valence-corrected chi connectivity index (χ2v) is 9.80. The van der Waals surface area contributed by atoms with E-state index in [1.807, 2.05) is 12.1 Å². The maximum Gasteiger partial charge on any atom is 0.150 e. The number of nitrogens with one attached hydrogen (secondary N) is 1. The molecular formula is C16H26BrNO2S. The van der Waals surface area contributed by atoms with Gasteiger partial charge in [-0.3, -0.25) is 0 Å². The Labute approximate surface area is 137 Å². The third-order valence-electron chi connectivity index (χ3n) is 3.42. The number of halogens is 1. The zero-order valence-electron chi connectivity index (χ0n) is 13.3. The van der Waals surface area contributed by atoms with Crippen LogP contribution in [0.1, 0.15) is 45.6 Å². The van der Waals surface area contributed by atoms with Crippen molar-refractivity contribution in [2.45, 2.75) is 45.6 Å². The number of hydrogen-bond acceptors (Lipinski definition) is 3. The van der Waals surface area contributed by atoms with E-state index in [9.17, 15) is 8.42 Å². The Morgan fingerprint density at radius 2 is 1.95 bits per heavy atom. The smallest absolute Gasteiger partial charge is 0.150 e. The zero-order valence-corrected chi connectivity index (χ0v) is 15.7. The summed E-state index contributed by atoms with van der Waals surface area (Å²) in [6, 6.07) is 8.13. The number of benzene rings is 1. The van der Waals surface area contributed by atoms with Crippen molar-refractivity contribution in [2.75, 3.05) is 18.1 Å². The fraction of sp³-hybridized carbons (Fsp3) is 0.625. The monoisotopic (exact) mass is 375 g/mol. The first kappa shape index (κ1) is 18.7. The highest BCUT2D eigenvalue weighted by Crippen LogP contribution is 2.24. The van der Waals surface area contributed by atoms with Crippen molar-refractivity contribution in [3.63, 3.8) is 0 Å². The van der Waals surface area contributed by atoms with Gasteiger partial charge in [-0.25, -0.2) is 8.42 Å².